The molecule has 96 valence electrons. The molecule has 0 aliphatic heterocycles. The number of rotatable bonds is 3. The molecule has 1 aromatic carbocycles. The summed E-state index contributed by atoms with van der Waals surface area (Å²) in [4.78, 5) is 8.47. The SMILES string of the molecule is COCc1nc(Cl)cc(-c2cc3ccccc3o2)n1. The van der Waals surface area contributed by atoms with Crippen molar-refractivity contribution < 1.29 is 9.15 Å². The van der Waals surface area contributed by atoms with Crippen LogP contribution in [0.3, 0.4) is 0 Å². The van der Waals surface area contributed by atoms with Crippen LogP contribution < -0.4 is 0 Å². The zero-order valence-corrected chi connectivity index (χ0v) is 11.0. The lowest BCUT2D eigenvalue weighted by Gasteiger charge is -2.02. The number of methoxy groups -OCH3 is 1. The summed E-state index contributed by atoms with van der Waals surface area (Å²) in [5.74, 6) is 1.20. The van der Waals surface area contributed by atoms with Gasteiger partial charge in [0.1, 0.15) is 23.0 Å². The van der Waals surface area contributed by atoms with Crippen molar-refractivity contribution in [2.45, 2.75) is 6.61 Å². The first kappa shape index (κ1) is 12.1. The third-order valence-electron chi connectivity index (χ3n) is 2.69. The molecule has 19 heavy (non-hydrogen) atoms. The van der Waals surface area contributed by atoms with E-state index in [1.807, 2.05) is 30.3 Å². The van der Waals surface area contributed by atoms with Crippen LogP contribution >= 0.6 is 11.6 Å². The lowest BCUT2D eigenvalue weighted by molar-refractivity contribution is 0.178. The van der Waals surface area contributed by atoms with Gasteiger partial charge in [-0.3, -0.25) is 0 Å². The van der Waals surface area contributed by atoms with Crippen LogP contribution in [-0.2, 0) is 11.3 Å². The number of para-hydroxylation sites is 1. The van der Waals surface area contributed by atoms with Gasteiger partial charge >= 0.3 is 0 Å². The van der Waals surface area contributed by atoms with Crippen molar-refractivity contribution in [3.63, 3.8) is 0 Å². The summed E-state index contributed by atoms with van der Waals surface area (Å²) in [5, 5.41) is 1.40. The van der Waals surface area contributed by atoms with E-state index in [1.54, 1.807) is 13.2 Å². The molecule has 0 N–H and O–H groups in total. The molecule has 3 rings (SSSR count). The highest BCUT2D eigenvalue weighted by Gasteiger charge is 2.10. The molecule has 0 saturated heterocycles. The van der Waals surface area contributed by atoms with Crippen molar-refractivity contribution in [3.8, 4) is 11.5 Å². The van der Waals surface area contributed by atoms with E-state index in [9.17, 15) is 0 Å². The van der Waals surface area contributed by atoms with Crippen LogP contribution in [-0.4, -0.2) is 17.1 Å². The van der Waals surface area contributed by atoms with Gasteiger partial charge in [-0.15, -0.1) is 0 Å². The Balaban J connectivity index is 2.09. The van der Waals surface area contributed by atoms with Gasteiger partial charge in [0.15, 0.2) is 11.6 Å². The highest BCUT2D eigenvalue weighted by molar-refractivity contribution is 6.29. The maximum Gasteiger partial charge on any atom is 0.156 e. The number of nitrogens with zero attached hydrogens (tertiary/aromatic N) is 2. The minimum absolute atomic E-state index is 0.313. The van der Waals surface area contributed by atoms with E-state index < -0.39 is 0 Å². The van der Waals surface area contributed by atoms with E-state index in [-0.39, 0.29) is 0 Å². The largest absolute Gasteiger partial charge is 0.454 e. The summed E-state index contributed by atoms with van der Waals surface area (Å²) in [7, 11) is 1.59. The fourth-order valence-corrected chi connectivity index (χ4v) is 2.09. The van der Waals surface area contributed by atoms with Gasteiger partial charge in [-0.1, -0.05) is 29.8 Å². The lowest BCUT2D eigenvalue weighted by Crippen LogP contribution is -1.98. The summed E-state index contributed by atoms with van der Waals surface area (Å²) < 4.78 is 10.8. The average molecular weight is 275 g/mol. The van der Waals surface area contributed by atoms with E-state index in [1.165, 1.54) is 0 Å². The standard InChI is InChI=1S/C14H11ClN2O2/c1-18-8-14-16-10(7-13(15)17-14)12-6-9-4-2-3-5-11(9)19-12/h2-7H,8H2,1H3. The Morgan fingerprint density at radius 2 is 2.05 bits per heavy atom. The maximum atomic E-state index is 5.99. The van der Waals surface area contributed by atoms with Gasteiger partial charge in [0.25, 0.3) is 0 Å². The molecular weight excluding hydrogens is 264 g/mol. The van der Waals surface area contributed by atoms with Gasteiger partial charge in [0, 0.05) is 18.6 Å². The number of aromatic nitrogens is 2. The molecule has 2 aromatic heterocycles. The Kier molecular flexibility index (Phi) is 3.19. The molecule has 0 spiro atoms. The minimum atomic E-state index is 0.313. The Hall–Kier alpha value is -1.91. The number of ether oxygens (including phenoxy) is 1. The first-order valence-electron chi connectivity index (χ1n) is 5.77. The highest BCUT2D eigenvalue weighted by atomic mass is 35.5. The molecule has 0 atom stereocenters. The van der Waals surface area contributed by atoms with E-state index in [0.717, 1.165) is 11.0 Å². The van der Waals surface area contributed by atoms with Crippen molar-refractivity contribution in [3.05, 3.63) is 47.4 Å². The monoisotopic (exact) mass is 274 g/mol. The summed E-state index contributed by atoms with van der Waals surface area (Å²) in [6, 6.07) is 11.4. The molecular formula is C14H11ClN2O2. The van der Waals surface area contributed by atoms with Gasteiger partial charge in [-0.25, -0.2) is 9.97 Å². The molecule has 0 aliphatic rings. The van der Waals surface area contributed by atoms with Crippen molar-refractivity contribution in [1.29, 1.82) is 0 Å². The van der Waals surface area contributed by atoms with Crippen LogP contribution in [0.25, 0.3) is 22.4 Å². The molecule has 2 heterocycles. The molecule has 4 nitrogen and oxygen atoms in total. The van der Waals surface area contributed by atoms with Crippen LogP contribution in [0.1, 0.15) is 5.82 Å². The molecule has 0 unspecified atom stereocenters. The van der Waals surface area contributed by atoms with Crippen LogP contribution in [0, 0.1) is 0 Å². The van der Waals surface area contributed by atoms with E-state index in [0.29, 0.717) is 29.0 Å². The molecule has 5 heteroatoms. The van der Waals surface area contributed by atoms with Crippen LogP contribution in [0.4, 0.5) is 0 Å². The fraction of sp³-hybridized carbons (Fsp3) is 0.143. The van der Waals surface area contributed by atoms with Crippen molar-refractivity contribution >= 4 is 22.6 Å². The van der Waals surface area contributed by atoms with E-state index in [2.05, 4.69) is 9.97 Å². The summed E-state index contributed by atoms with van der Waals surface area (Å²) in [6.07, 6.45) is 0. The van der Waals surface area contributed by atoms with Crippen LogP contribution in [0.15, 0.2) is 40.8 Å². The summed E-state index contributed by atoms with van der Waals surface area (Å²) in [6.45, 7) is 0.313. The predicted molar refractivity (Wildman–Crippen MR) is 73.0 cm³/mol. The first-order valence-corrected chi connectivity index (χ1v) is 6.15. The van der Waals surface area contributed by atoms with Gasteiger partial charge in [0.2, 0.25) is 0 Å². The second-order valence-electron chi connectivity index (χ2n) is 4.07. The van der Waals surface area contributed by atoms with Crippen molar-refractivity contribution in [1.82, 2.24) is 9.97 Å². The Bertz CT molecular complexity index is 691. The van der Waals surface area contributed by atoms with Gasteiger partial charge in [-0.2, -0.15) is 0 Å². The minimum Gasteiger partial charge on any atom is -0.454 e. The second-order valence-corrected chi connectivity index (χ2v) is 4.46. The zero-order valence-electron chi connectivity index (χ0n) is 10.3. The molecule has 0 radical (unpaired) electrons. The number of halogens is 1. The molecule has 0 bridgehead atoms. The topological polar surface area (TPSA) is 48.2 Å². The van der Waals surface area contributed by atoms with Crippen LogP contribution in [0.2, 0.25) is 5.15 Å². The fourth-order valence-electron chi connectivity index (χ4n) is 1.89. The average Bonchev–Trinajstić information content (AvgIpc) is 2.82. The van der Waals surface area contributed by atoms with E-state index >= 15 is 0 Å². The zero-order chi connectivity index (χ0) is 13.2. The number of hydrogen-bond donors (Lipinski definition) is 0. The number of furan rings is 1. The quantitative estimate of drug-likeness (QED) is 0.684. The molecule has 0 amide bonds. The van der Waals surface area contributed by atoms with Gasteiger partial charge < -0.3 is 9.15 Å². The number of hydrogen-bond acceptors (Lipinski definition) is 4. The molecule has 0 fully saturated rings. The van der Waals surface area contributed by atoms with Crippen LogP contribution in [0.5, 0.6) is 0 Å². The van der Waals surface area contributed by atoms with Gasteiger partial charge in [0.05, 0.1) is 0 Å². The molecule has 3 aromatic rings. The summed E-state index contributed by atoms with van der Waals surface area (Å²) >= 11 is 5.99. The van der Waals surface area contributed by atoms with Crippen molar-refractivity contribution in [2.75, 3.05) is 7.11 Å². The molecule has 0 aliphatic carbocycles. The predicted octanol–water partition coefficient (Wildman–Crippen LogP) is 3.69. The third-order valence-corrected chi connectivity index (χ3v) is 2.89. The molecule has 0 saturated carbocycles. The first-order chi connectivity index (χ1) is 9.26. The third kappa shape index (κ3) is 2.45. The Labute approximate surface area is 115 Å². The maximum absolute atomic E-state index is 5.99. The highest BCUT2D eigenvalue weighted by Crippen LogP contribution is 2.27. The number of fused-ring (bicyclic) bond motifs is 1. The van der Waals surface area contributed by atoms with E-state index in [4.69, 9.17) is 20.8 Å². The Morgan fingerprint density at radius 3 is 2.84 bits per heavy atom. The van der Waals surface area contributed by atoms with Gasteiger partial charge in [-0.05, 0) is 12.1 Å². The Morgan fingerprint density at radius 1 is 1.21 bits per heavy atom. The smallest absolute Gasteiger partial charge is 0.156 e. The second kappa shape index (κ2) is 4.99. The normalized spacial score (nSPS) is 11.1. The number of benzene rings is 1. The van der Waals surface area contributed by atoms with Crippen molar-refractivity contribution in [2.24, 2.45) is 0 Å². The lowest BCUT2D eigenvalue weighted by atomic mass is 10.2. The summed E-state index contributed by atoms with van der Waals surface area (Å²) in [5.41, 5.74) is 1.48.